The Hall–Kier alpha value is -1.69. The molecule has 26 heavy (non-hydrogen) atoms. The highest BCUT2D eigenvalue weighted by Gasteiger charge is 2.52. The smallest absolute Gasteiger partial charge is 0.264 e. The third kappa shape index (κ3) is 3.43. The highest BCUT2D eigenvalue weighted by atomic mass is 32.1. The van der Waals surface area contributed by atoms with Gasteiger partial charge in [0, 0.05) is 31.1 Å². The summed E-state index contributed by atoms with van der Waals surface area (Å²) < 4.78 is 5.96. The minimum absolute atomic E-state index is 0.203. The van der Waals surface area contributed by atoms with E-state index in [0.29, 0.717) is 12.6 Å². The SMILES string of the molecule is Cc1ccsc1C(=O)N1CC2(CC(COCc3ccccc3)N(C)C2)C1. The Balaban J connectivity index is 1.28. The summed E-state index contributed by atoms with van der Waals surface area (Å²) in [5.41, 5.74) is 2.57. The van der Waals surface area contributed by atoms with Gasteiger partial charge in [-0.2, -0.15) is 0 Å². The van der Waals surface area contributed by atoms with Gasteiger partial charge >= 0.3 is 0 Å². The minimum Gasteiger partial charge on any atom is -0.375 e. The van der Waals surface area contributed by atoms with Crippen LogP contribution in [0.4, 0.5) is 0 Å². The summed E-state index contributed by atoms with van der Waals surface area (Å²) in [5.74, 6) is 0.203. The molecule has 2 aliphatic heterocycles. The van der Waals surface area contributed by atoms with Gasteiger partial charge in [0.25, 0.3) is 5.91 Å². The first kappa shape index (κ1) is 17.7. The second kappa shape index (κ2) is 7.14. The predicted molar refractivity (Wildman–Crippen MR) is 105 cm³/mol. The zero-order chi connectivity index (χ0) is 18.1. The van der Waals surface area contributed by atoms with Gasteiger partial charge < -0.3 is 14.5 Å². The second-order valence-electron chi connectivity index (χ2n) is 7.87. The Morgan fingerprint density at radius 1 is 1.23 bits per heavy atom. The van der Waals surface area contributed by atoms with Crippen molar-refractivity contribution in [1.29, 1.82) is 0 Å². The summed E-state index contributed by atoms with van der Waals surface area (Å²) in [4.78, 5) is 18.0. The minimum atomic E-state index is 0.203. The molecule has 1 aromatic heterocycles. The van der Waals surface area contributed by atoms with E-state index in [0.717, 1.165) is 43.1 Å². The van der Waals surface area contributed by atoms with Crippen LogP contribution in [0, 0.1) is 12.3 Å². The summed E-state index contributed by atoms with van der Waals surface area (Å²) in [6.07, 6.45) is 1.12. The molecule has 0 bridgehead atoms. The molecule has 0 N–H and O–H groups in total. The summed E-state index contributed by atoms with van der Waals surface area (Å²) in [5, 5.41) is 2.00. The van der Waals surface area contributed by atoms with Crippen molar-refractivity contribution in [2.24, 2.45) is 5.41 Å². The standard InChI is InChI=1S/C21H26N2O2S/c1-16-8-9-26-19(16)20(24)23-14-21(15-23)10-18(22(2)13-21)12-25-11-17-6-4-3-5-7-17/h3-9,18H,10-15H2,1-2H3. The van der Waals surface area contributed by atoms with Crippen molar-refractivity contribution in [3.63, 3.8) is 0 Å². The maximum absolute atomic E-state index is 12.6. The van der Waals surface area contributed by atoms with Gasteiger partial charge in [0.1, 0.15) is 0 Å². The lowest BCUT2D eigenvalue weighted by Crippen LogP contribution is -2.59. The summed E-state index contributed by atoms with van der Waals surface area (Å²) in [6, 6.07) is 12.8. The van der Waals surface area contributed by atoms with Gasteiger partial charge in [-0.3, -0.25) is 4.79 Å². The van der Waals surface area contributed by atoms with Gasteiger partial charge in [-0.25, -0.2) is 0 Å². The number of carbonyl (C=O) groups is 1. The monoisotopic (exact) mass is 370 g/mol. The lowest BCUT2D eigenvalue weighted by atomic mass is 9.77. The largest absolute Gasteiger partial charge is 0.375 e. The molecule has 1 unspecified atom stereocenters. The van der Waals surface area contributed by atoms with Gasteiger partial charge in [-0.1, -0.05) is 30.3 Å². The van der Waals surface area contributed by atoms with Gasteiger partial charge in [-0.05, 0) is 43.0 Å². The van der Waals surface area contributed by atoms with E-state index in [1.54, 1.807) is 11.3 Å². The Morgan fingerprint density at radius 2 is 2.00 bits per heavy atom. The van der Waals surface area contributed by atoms with Crippen molar-refractivity contribution in [2.45, 2.75) is 26.0 Å². The molecule has 4 nitrogen and oxygen atoms in total. The van der Waals surface area contributed by atoms with Gasteiger partial charge in [-0.15, -0.1) is 11.3 Å². The lowest BCUT2D eigenvalue weighted by Gasteiger charge is -2.48. The molecule has 1 amide bonds. The first-order chi connectivity index (χ1) is 12.6. The van der Waals surface area contributed by atoms with Gasteiger partial charge in [0.05, 0.1) is 18.1 Å². The number of thiophene rings is 1. The average molecular weight is 371 g/mol. The van der Waals surface area contributed by atoms with Crippen molar-refractivity contribution < 1.29 is 9.53 Å². The van der Waals surface area contributed by atoms with E-state index in [9.17, 15) is 4.79 Å². The number of nitrogens with zero attached hydrogens (tertiary/aromatic N) is 2. The fraction of sp³-hybridized carbons (Fsp3) is 0.476. The zero-order valence-electron chi connectivity index (χ0n) is 15.5. The number of carbonyl (C=O) groups excluding carboxylic acids is 1. The Kier molecular flexibility index (Phi) is 4.86. The molecule has 4 rings (SSSR count). The van der Waals surface area contributed by atoms with Crippen molar-refractivity contribution in [3.05, 3.63) is 57.8 Å². The Labute approximate surface area is 159 Å². The molecule has 0 radical (unpaired) electrons. The number of ether oxygens (including phenoxy) is 1. The third-order valence-electron chi connectivity index (χ3n) is 5.69. The van der Waals surface area contributed by atoms with E-state index in [4.69, 9.17) is 4.74 Å². The maximum atomic E-state index is 12.6. The van der Waals surface area contributed by atoms with E-state index in [1.807, 2.05) is 41.5 Å². The molecular formula is C21H26N2O2S. The first-order valence-electron chi connectivity index (χ1n) is 9.22. The molecule has 1 atom stereocenters. The number of rotatable bonds is 5. The van der Waals surface area contributed by atoms with Crippen LogP contribution in [-0.2, 0) is 11.3 Å². The van der Waals surface area contributed by atoms with Crippen molar-refractivity contribution in [2.75, 3.05) is 33.3 Å². The molecule has 0 saturated carbocycles. The number of benzene rings is 1. The van der Waals surface area contributed by atoms with Crippen LogP contribution in [-0.4, -0.2) is 55.0 Å². The number of hydrogen-bond acceptors (Lipinski definition) is 4. The number of hydrogen-bond donors (Lipinski definition) is 0. The van der Waals surface area contributed by atoms with E-state index in [1.165, 1.54) is 5.56 Å². The molecule has 138 valence electrons. The molecular weight excluding hydrogens is 344 g/mol. The van der Waals surface area contributed by atoms with Crippen LogP contribution >= 0.6 is 11.3 Å². The van der Waals surface area contributed by atoms with E-state index >= 15 is 0 Å². The molecule has 3 heterocycles. The lowest BCUT2D eigenvalue weighted by molar-refractivity contribution is 0.0112. The molecule has 1 spiro atoms. The van der Waals surface area contributed by atoms with Crippen molar-refractivity contribution in [3.8, 4) is 0 Å². The predicted octanol–water partition coefficient (Wildman–Crippen LogP) is 3.42. The van der Waals surface area contributed by atoms with Gasteiger partial charge in [0.2, 0.25) is 0 Å². The van der Waals surface area contributed by atoms with E-state index < -0.39 is 0 Å². The Bertz CT molecular complexity index is 767. The molecule has 2 fully saturated rings. The molecule has 0 aliphatic carbocycles. The van der Waals surface area contributed by atoms with Crippen LogP contribution in [0.25, 0.3) is 0 Å². The summed E-state index contributed by atoms with van der Waals surface area (Å²) in [6.45, 7) is 6.25. The highest BCUT2D eigenvalue weighted by molar-refractivity contribution is 7.12. The van der Waals surface area contributed by atoms with Gasteiger partial charge in [0.15, 0.2) is 0 Å². The molecule has 2 saturated heterocycles. The highest BCUT2D eigenvalue weighted by Crippen LogP contribution is 2.43. The number of amides is 1. The molecule has 2 aliphatic rings. The van der Waals surface area contributed by atoms with Crippen LogP contribution in [0.1, 0.15) is 27.2 Å². The van der Waals surface area contributed by atoms with Crippen LogP contribution < -0.4 is 0 Å². The molecule has 1 aromatic carbocycles. The van der Waals surface area contributed by atoms with Crippen LogP contribution in [0.3, 0.4) is 0 Å². The number of likely N-dealkylation sites (N-methyl/N-ethyl adjacent to an activating group) is 1. The van der Waals surface area contributed by atoms with Crippen LogP contribution in [0.15, 0.2) is 41.8 Å². The fourth-order valence-corrected chi connectivity index (χ4v) is 5.22. The zero-order valence-corrected chi connectivity index (χ0v) is 16.3. The first-order valence-corrected chi connectivity index (χ1v) is 10.1. The number of aryl methyl sites for hydroxylation is 1. The molecule has 2 aromatic rings. The van der Waals surface area contributed by atoms with Crippen LogP contribution in [0.5, 0.6) is 0 Å². The third-order valence-corrected chi connectivity index (χ3v) is 6.70. The van der Waals surface area contributed by atoms with Crippen LogP contribution in [0.2, 0.25) is 0 Å². The quantitative estimate of drug-likeness (QED) is 0.808. The maximum Gasteiger partial charge on any atom is 0.264 e. The van der Waals surface area contributed by atoms with Crippen molar-refractivity contribution in [1.82, 2.24) is 9.80 Å². The molecule has 5 heteroatoms. The topological polar surface area (TPSA) is 32.8 Å². The fourth-order valence-electron chi connectivity index (χ4n) is 4.32. The average Bonchev–Trinajstić information content (AvgIpc) is 3.18. The van der Waals surface area contributed by atoms with E-state index in [2.05, 4.69) is 24.1 Å². The second-order valence-corrected chi connectivity index (χ2v) is 8.78. The van der Waals surface area contributed by atoms with Crippen molar-refractivity contribution >= 4 is 17.2 Å². The Morgan fingerprint density at radius 3 is 2.69 bits per heavy atom. The summed E-state index contributed by atoms with van der Waals surface area (Å²) >= 11 is 1.55. The summed E-state index contributed by atoms with van der Waals surface area (Å²) in [7, 11) is 2.18. The number of likely N-dealkylation sites (tertiary alicyclic amines) is 2. The normalized spacial score (nSPS) is 21.9. The van der Waals surface area contributed by atoms with E-state index in [-0.39, 0.29) is 11.3 Å².